The van der Waals surface area contributed by atoms with Gasteiger partial charge in [0, 0.05) is 12.7 Å². The Balaban J connectivity index is 2.30. The molecule has 20 heavy (non-hydrogen) atoms. The minimum absolute atomic E-state index is 0.498. The van der Waals surface area contributed by atoms with Crippen molar-refractivity contribution in [1.29, 1.82) is 0 Å². The van der Waals surface area contributed by atoms with Gasteiger partial charge in [-0.2, -0.15) is 0 Å². The highest BCUT2D eigenvalue weighted by Crippen LogP contribution is 2.27. The fourth-order valence-corrected chi connectivity index (χ4v) is 2.52. The lowest BCUT2D eigenvalue weighted by Gasteiger charge is -2.12. The molecule has 1 heterocycles. The van der Waals surface area contributed by atoms with Crippen molar-refractivity contribution >= 4 is 17.0 Å². The maximum Gasteiger partial charge on any atom is 0.205 e. The lowest BCUT2D eigenvalue weighted by atomic mass is 10.1. The van der Waals surface area contributed by atoms with Gasteiger partial charge in [0.1, 0.15) is 0 Å². The number of hydrogen-bond acceptors (Lipinski definition) is 3. The zero-order chi connectivity index (χ0) is 14.1. The van der Waals surface area contributed by atoms with E-state index in [2.05, 4.69) is 4.98 Å². The van der Waals surface area contributed by atoms with Crippen LogP contribution in [0.15, 0.2) is 42.5 Å². The van der Waals surface area contributed by atoms with Crippen molar-refractivity contribution in [3.05, 3.63) is 53.6 Å². The first-order chi connectivity index (χ1) is 9.72. The molecule has 0 radical (unpaired) electrons. The molecule has 3 rings (SSSR count). The van der Waals surface area contributed by atoms with Crippen LogP contribution in [-0.2, 0) is 11.3 Å². The molecule has 0 atom stereocenters. The van der Waals surface area contributed by atoms with Crippen LogP contribution in [0.4, 0.5) is 5.95 Å². The van der Waals surface area contributed by atoms with Gasteiger partial charge in [0.15, 0.2) is 0 Å². The molecule has 0 aliphatic heterocycles. The number of hydrogen-bond donors (Lipinski definition) is 1. The largest absolute Gasteiger partial charge is 0.380 e. The molecule has 0 saturated carbocycles. The quantitative estimate of drug-likeness (QED) is 0.793. The highest BCUT2D eigenvalue weighted by atomic mass is 16.5. The third-order valence-corrected chi connectivity index (χ3v) is 3.45. The number of nitrogen functional groups attached to an aromatic ring is 1. The molecule has 0 saturated heterocycles. The van der Waals surface area contributed by atoms with Crippen LogP contribution >= 0.6 is 0 Å². The van der Waals surface area contributed by atoms with E-state index in [4.69, 9.17) is 10.5 Å². The van der Waals surface area contributed by atoms with Crippen LogP contribution in [0, 0.1) is 6.92 Å². The van der Waals surface area contributed by atoms with Gasteiger partial charge in [-0.25, -0.2) is 4.98 Å². The molecule has 4 nitrogen and oxygen atoms in total. The molecule has 0 aliphatic rings. The molecule has 0 fully saturated rings. The first-order valence-corrected chi connectivity index (χ1v) is 6.53. The van der Waals surface area contributed by atoms with Crippen LogP contribution in [-0.4, -0.2) is 16.7 Å². The van der Waals surface area contributed by atoms with Gasteiger partial charge in [-0.3, -0.25) is 4.57 Å². The molecular weight excluding hydrogens is 250 g/mol. The molecule has 3 aromatic rings. The number of benzene rings is 2. The summed E-state index contributed by atoms with van der Waals surface area (Å²) < 4.78 is 7.25. The average Bonchev–Trinajstić information content (AvgIpc) is 2.78. The molecule has 0 bridgehead atoms. The monoisotopic (exact) mass is 267 g/mol. The van der Waals surface area contributed by atoms with Crippen molar-refractivity contribution in [2.45, 2.75) is 13.5 Å². The number of anilines is 1. The Kier molecular flexibility index (Phi) is 3.16. The van der Waals surface area contributed by atoms with Gasteiger partial charge in [0.25, 0.3) is 0 Å². The predicted octanol–water partition coefficient (Wildman–Crippen LogP) is 3.06. The van der Waals surface area contributed by atoms with E-state index in [-0.39, 0.29) is 0 Å². The number of methoxy groups -OCH3 is 1. The molecule has 0 amide bonds. The number of ether oxygens (including phenoxy) is 1. The second-order valence-electron chi connectivity index (χ2n) is 4.81. The van der Waals surface area contributed by atoms with E-state index < -0.39 is 0 Å². The molecule has 0 unspecified atom stereocenters. The van der Waals surface area contributed by atoms with Crippen molar-refractivity contribution < 1.29 is 4.74 Å². The third kappa shape index (κ3) is 1.94. The molecule has 0 spiro atoms. The van der Waals surface area contributed by atoms with E-state index >= 15 is 0 Å². The molecule has 2 aromatic carbocycles. The first kappa shape index (κ1) is 12.7. The minimum Gasteiger partial charge on any atom is -0.380 e. The van der Waals surface area contributed by atoms with E-state index in [0.717, 1.165) is 27.8 Å². The van der Waals surface area contributed by atoms with Gasteiger partial charge in [-0.15, -0.1) is 0 Å². The summed E-state index contributed by atoms with van der Waals surface area (Å²) in [6.45, 7) is 2.58. The van der Waals surface area contributed by atoms with Gasteiger partial charge in [0.05, 0.1) is 23.3 Å². The van der Waals surface area contributed by atoms with E-state index in [0.29, 0.717) is 12.6 Å². The van der Waals surface area contributed by atoms with Gasteiger partial charge in [-0.05, 0) is 24.6 Å². The van der Waals surface area contributed by atoms with Gasteiger partial charge in [-0.1, -0.05) is 30.3 Å². The molecule has 1 aromatic heterocycles. The smallest absolute Gasteiger partial charge is 0.205 e. The average molecular weight is 267 g/mol. The number of aromatic nitrogens is 2. The van der Waals surface area contributed by atoms with Crippen LogP contribution < -0.4 is 5.73 Å². The Bertz CT molecular complexity index is 762. The zero-order valence-electron chi connectivity index (χ0n) is 11.6. The lowest BCUT2D eigenvalue weighted by molar-refractivity contribution is 0.185. The summed E-state index contributed by atoms with van der Waals surface area (Å²) >= 11 is 0. The van der Waals surface area contributed by atoms with Gasteiger partial charge in [0.2, 0.25) is 5.95 Å². The maximum atomic E-state index is 6.13. The molecule has 4 heteroatoms. The lowest BCUT2D eigenvalue weighted by Crippen LogP contribution is -2.04. The highest BCUT2D eigenvalue weighted by molar-refractivity contribution is 5.83. The Morgan fingerprint density at radius 1 is 1.15 bits per heavy atom. The molecule has 0 aliphatic carbocycles. The van der Waals surface area contributed by atoms with Crippen molar-refractivity contribution in [2.24, 2.45) is 0 Å². The van der Waals surface area contributed by atoms with E-state index in [1.54, 1.807) is 7.11 Å². The topological polar surface area (TPSA) is 53.1 Å². The van der Waals surface area contributed by atoms with Crippen LogP contribution in [0.2, 0.25) is 0 Å². The number of para-hydroxylation sites is 2. The Morgan fingerprint density at radius 3 is 2.75 bits per heavy atom. The second kappa shape index (κ2) is 4.98. The van der Waals surface area contributed by atoms with E-state index in [1.165, 1.54) is 0 Å². The summed E-state index contributed by atoms with van der Waals surface area (Å²) in [5, 5.41) is 0. The Hall–Kier alpha value is -2.33. The first-order valence-electron chi connectivity index (χ1n) is 6.53. The summed E-state index contributed by atoms with van der Waals surface area (Å²) in [5.41, 5.74) is 11.3. The molecular formula is C16H17N3O. The number of aryl methyl sites for hydroxylation is 1. The van der Waals surface area contributed by atoms with Crippen LogP contribution in [0.5, 0.6) is 0 Å². The normalized spacial score (nSPS) is 11.1. The predicted molar refractivity (Wildman–Crippen MR) is 80.9 cm³/mol. The second-order valence-corrected chi connectivity index (χ2v) is 4.81. The highest BCUT2D eigenvalue weighted by Gasteiger charge is 2.13. The Morgan fingerprint density at radius 2 is 1.95 bits per heavy atom. The van der Waals surface area contributed by atoms with Crippen LogP contribution in [0.3, 0.4) is 0 Å². The summed E-state index contributed by atoms with van der Waals surface area (Å²) in [6, 6.07) is 14.2. The Labute approximate surface area is 117 Å². The van der Waals surface area contributed by atoms with Crippen molar-refractivity contribution in [3.63, 3.8) is 0 Å². The van der Waals surface area contributed by atoms with Crippen molar-refractivity contribution in [1.82, 2.24) is 9.55 Å². The van der Waals surface area contributed by atoms with Crippen molar-refractivity contribution in [3.8, 4) is 5.69 Å². The summed E-state index contributed by atoms with van der Waals surface area (Å²) in [6.07, 6.45) is 0. The van der Waals surface area contributed by atoms with E-state index in [9.17, 15) is 0 Å². The van der Waals surface area contributed by atoms with Gasteiger partial charge < -0.3 is 10.5 Å². The van der Waals surface area contributed by atoms with Crippen LogP contribution in [0.25, 0.3) is 16.7 Å². The number of nitrogens with two attached hydrogens (primary N) is 1. The number of fused-ring (bicyclic) bond motifs is 1. The SMILES string of the molecule is COCc1ccccc1-n1c(N)nc2c(C)cccc21. The van der Waals surface area contributed by atoms with Gasteiger partial charge >= 0.3 is 0 Å². The zero-order valence-corrected chi connectivity index (χ0v) is 11.6. The molecule has 2 N–H and O–H groups in total. The maximum absolute atomic E-state index is 6.13. The fourth-order valence-electron chi connectivity index (χ4n) is 2.52. The number of imidazole rings is 1. The standard InChI is InChI=1S/C16H17N3O/c1-11-6-5-9-14-15(11)18-16(17)19(14)13-8-4-3-7-12(13)10-20-2/h3-9H,10H2,1-2H3,(H2,17,18). The molecule has 102 valence electrons. The summed E-state index contributed by atoms with van der Waals surface area (Å²) in [4.78, 5) is 4.49. The summed E-state index contributed by atoms with van der Waals surface area (Å²) in [7, 11) is 1.69. The minimum atomic E-state index is 0.498. The van der Waals surface area contributed by atoms with E-state index in [1.807, 2.05) is 54.0 Å². The number of rotatable bonds is 3. The third-order valence-electron chi connectivity index (χ3n) is 3.45. The fraction of sp³-hybridized carbons (Fsp3) is 0.188. The van der Waals surface area contributed by atoms with Crippen molar-refractivity contribution in [2.75, 3.05) is 12.8 Å². The van der Waals surface area contributed by atoms with Crippen LogP contribution in [0.1, 0.15) is 11.1 Å². The summed E-state index contributed by atoms with van der Waals surface area (Å²) in [5.74, 6) is 0.498. The number of nitrogens with zero attached hydrogens (tertiary/aromatic N) is 2.